The van der Waals surface area contributed by atoms with Gasteiger partial charge in [0.05, 0.1) is 0 Å². The monoisotopic (exact) mass is 1150 g/mol. The van der Waals surface area contributed by atoms with Gasteiger partial charge in [-0.15, -0.1) is 0 Å². The average Bonchev–Trinajstić information content (AvgIpc) is 3.38. The maximum atomic E-state index is 10.2. The van der Waals surface area contributed by atoms with Crippen LogP contribution < -0.4 is 15.3 Å². The Bertz CT molecular complexity index is 889. The number of hydrogen-bond donors (Lipinski definition) is 0. The van der Waals surface area contributed by atoms with E-state index in [-0.39, 0.29) is 19.3 Å². The minimum atomic E-state index is -0.902. The molecule has 74 heavy (non-hydrogen) atoms. The van der Waals surface area contributed by atoms with Crippen molar-refractivity contribution in [2.45, 2.75) is 411 Å². The van der Waals surface area contributed by atoms with Crippen LogP contribution in [0.3, 0.4) is 0 Å². The predicted octanol–water partition coefficient (Wildman–Crippen LogP) is 19.9. The number of carbonyl (C=O) groups is 3. The Balaban J connectivity index is -0.000000452. The molecule has 0 aliphatic heterocycles. The van der Waals surface area contributed by atoms with Crippen LogP contribution in [-0.4, -0.2) is 40.4 Å². The molecule has 0 saturated carbocycles. The summed E-state index contributed by atoms with van der Waals surface area (Å²) >= 11 is 1.71. The summed E-state index contributed by atoms with van der Waals surface area (Å²) < 4.78 is 1.46. The Morgan fingerprint density at radius 3 is 0.419 bits per heavy atom. The second kappa shape index (κ2) is 78.7. The van der Waals surface area contributed by atoms with Crippen LogP contribution in [0.5, 0.6) is 0 Å². The molecule has 0 spiro atoms. The average molecular weight is 1150 g/mol. The summed E-state index contributed by atoms with van der Waals surface area (Å²) in [5.74, 6) is -2.71. The fraction of sp³-hybridized carbons (Fsp3) is 0.955. The van der Waals surface area contributed by atoms with Crippen molar-refractivity contribution in [3.05, 3.63) is 0 Å². The molecule has 0 aliphatic carbocycles. The van der Waals surface area contributed by atoms with Crippen LogP contribution in [0.2, 0.25) is 4.44 Å². The van der Waals surface area contributed by atoms with E-state index in [9.17, 15) is 29.7 Å². The van der Waals surface area contributed by atoms with Crippen LogP contribution >= 0.6 is 0 Å². The van der Waals surface area contributed by atoms with Crippen LogP contribution in [0.4, 0.5) is 0 Å². The Morgan fingerprint density at radius 2 is 0.311 bits per heavy atom. The fourth-order valence-electron chi connectivity index (χ4n) is 9.71. The molecule has 7 heteroatoms. The van der Waals surface area contributed by atoms with Gasteiger partial charge in [-0.05, 0) is 38.5 Å². The molecular weight excluding hydrogens is 1020 g/mol. The first-order chi connectivity index (χ1) is 36.2. The van der Waals surface area contributed by atoms with Gasteiger partial charge in [0, 0.05) is 17.9 Å². The molecule has 0 N–H and O–H groups in total. The van der Waals surface area contributed by atoms with Gasteiger partial charge < -0.3 is 29.7 Å². The second-order valence-electron chi connectivity index (χ2n) is 22.5. The van der Waals surface area contributed by atoms with E-state index in [0.29, 0.717) is 0 Å². The summed E-state index contributed by atoms with van der Waals surface area (Å²) in [5.41, 5.74) is 0. The van der Waals surface area contributed by atoms with Crippen LogP contribution in [0.15, 0.2) is 0 Å². The van der Waals surface area contributed by atoms with Crippen molar-refractivity contribution in [1.82, 2.24) is 0 Å². The third-order valence-electron chi connectivity index (χ3n) is 14.7. The van der Waals surface area contributed by atoms with E-state index in [0.717, 1.165) is 38.5 Å². The van der Waals surface area contributed by atoms with E-state index in [1.165, 1.54) is 325 Å². The molecule has 0 aromatic heterocycles. The van der Waals surface area contributed by atoms with Crippen LogP contribution in [0, 0.1) is 0 Å². The third-order valence-corrected chi connectivity index (χ3v) is 15.7. The molecule has 0 aromatic carbocycles. The molecule has 0 bridgehead atoms. The van der Waals surface area contributed by atoms with Gasteiger partial charge in [-0.2, -0.15) is 0 Å². The summed E-state index contributed by atoms with van der Waals surface area (Å²) in [6.45, 7) is 9.09. The SMILES string of the molecule is CCCCCCCCCCCCCCCCCCC(=O)[O-].CCCCCCCCCCCCCCCCCCC(=O)[O-].CCCCCCCCCCCCCCCCCCC(=O)[O-].CCCCCCCCC[CH2][Sn+3]. The first-order valence-corrected chi connectivity index (χ1v) is 35.5. The molecule has 0 unspecified atom stereocenters. The molecule has 0 aromatic rings. The summed E-state index contributed by atoms with van der Waals surface area (Å²) in [6.07, 6.45) is 75.7. The number of unbranched alkanes of at least 4 members (excludes halogenated alkanes) is 52. The third kappa shape index (κ3) is 93.7. The molecule has 0 amide bonds. The summed E-state index contributed by atoms with van der Waals surface area (Å²) in [5, 5.41) is 30.7. The van der Waals surface area contributed by atoms with Gasteiger partial charge in [-0.1, -0.05) is 310 Å². The van der Waals surface area contributed by atoms with Crippen molar-refractivity contribution >= 4 is 40.4 Å². The van der Waals surface area contributed by atoms with Gasteiger partial charge in [-0.3, -0.25) is 0 Å². The normalized spacial score (nSPS) is 10.8. The number of carboxylic acids is 3. The van der Waals surface area contributed by atoms with Crippen molar-refractivity contribution in [1.29, 1.82) is 0 Å². The molecule has 6 nitrogen and oxygen atoms in total. The molecule has 0 radical (unpaired) electrons. The molecule has 0 saturated heterocycles. The van der Waals surface area contributed by atoms with Gasteiger partial charge in [-0.25, -0.2) is 0 Å². The molecule has 0 rings (SSSR count). The van der Waals surface area contributed by atoms with Crippen molar-refractivity contribution in [3.63, 3.8) is 0 Å². The summed E-state index contributed by atoms with van der Waals surface area (Å²) in [7, 11) is 0. The van der Waals surface area contributed by atoms with Crippen molar-refractivity contribution in [3.8, 4) is 0 Å². The number of rotatable bonds is 59. The molecule has 0 heterocycles. The minimum absolute atomic E-state index is 0.235. The summed E-state index contributed by atoms with van der Waals surface area (Å²) in [4.78, 5) is 30.7. The fourth-order valence-corrected chi connectivity index (χ4v) is 10.4. The van der Waals surface area contributed by atoms with E-state index in [2.05, 4.69) is 27.7 Å². The van der Waals surface area contributed by atoms with Gasteiger partial charge in [0.1, 0.15) is 0 Å². The van der Waals surface area contributed by atoms with Gasteiger partial charge in [0.2, 0.25) is 0 Å². The Kier molecular flexibility index (Phi) is 84.8. The first kappa shape index (κ1) is 79.7. The number of carboxylic acid groups (broad SMARTS) is 3. The number of carbonyl (C=O) groups excluding carboxylic acids is 3. The zero-order chi connectivity index (χ0) is 55.2. The molecule has 0 aliphatic rings. The van der Waals surface area contributed by atoms with Crippen LogP contribution in [0.1, 0.15) is 407 Å². The van der Waals surface area contributed by atoms with Crippen LogP contribution in [-0.2, 0) is 14.4 Å². The van der Waals surface area contributed by atoms with E-state index < -0.39 is 17.9 Å². The van der Waals surface area contributed by atoms with E-state index >= 15 is 0 Å². The van der Waals surface area contributed by atoms with E-state index in [1.54, 1.807) is 22.5 Å². The van der Waals surface area contributed by atoms with Gasteiger partial charge in [0.15, 0.2) is 0 Å². The topological polar surface area (TPSA) is 120 Å². The predicted molar refractivity (Wildman–Crippen MR) is 321 cm³/mol. The van der Waals surface area contributed by atoms with Gasteiger partial charge >= 0.3 is 85.3 Å². The van der Waals surface area contributed by atoms with E-state index in [4.69, 9.17) is 0 Å². The van der Waals surface area contributed by atoms with E-state index in [1.807, 2.05) is 0 Å². The Labute approximate surface area is 478 Å². The Morgan fingerprint density at radius 1 is 0.203 bits per heavy atom. The maximum absolute atomic E-state index is 10.2. The second-order valence-corrected chi connectivity index (χ2v) is 23.9. The number of hydrogen-bond acceptors (Lipinski definition) is 6. The van der Waals surface area contributed by atoms with Gasteiger partial charge in [0.25, 0.3) is 0 Å². The quantitative estimate of drug-likeness (QED) is 0.0442. The standard InChI is InChI=1S/3C19H38O2.C10H21.Sn/c3*1-2-3-4-5-6-7-8-9-10-11-12-13-14-15-16-17-18-19(20)21;1-3-5-7-9-10-8-6-4-2;/h3*2-18H2,1H3,(H,20,21);1,3-10H2,2H3;/q;;;;+3/p-3. The molecule has 0 fully saturated rings. The van der Waals surface area contributed by atoms with Crippen LogP contribution in [0.25, 0.3) is 0 Å². The van der Waals surface area contributed by atoms with Crippen molar-refractivity contribution < 1.29 is 29.7 Å². The van der Waals surface area contributed by atoms with Crippen molar-refractivity contribution in [2.24, 2.45) is 0 Å². The van der Waals surface area contributed by atoms with Crippen molar-refractivity contribution in [2.75, 3.05) is 0 Å². The number of aliphatic carboxylic acids is 3. The zero-order valence-corrected chi connectivity index (χ0v) is 53.7. The summed E-state index contributed by atoms with van der Waals surface area (Å²) in [6, 6.07) is 0. The zero-order valence-electron chi connectivity index (χ0n) is 50.9. The molecule has 440 valence electrons. The molecule has 0 atom stereocenters. The molecular formula is C67H132O6Sn. The first-order valence-electron chi connectivity index (χ1n) is 33.5. The Hall–Kier alpha value is -0.791.